The van der Waals surface area contributed by atoms with E-state index < -0.39 is 0 Å². The Morgan fingerprint density at radius 2 is 1.79 bits per heavy atom. The van der Waals surface area contributed by atoms with Crippen LogP contribution >= 0.6 is 0 Å². The summed E-state index contributed by atoms with van der Waals surface area (Å²) in [6, 6.07) is 15.0. The van der Waals surface area contributed by atoms with Crippen molar-refractivity contribution >= 4 is 16.8 Å². The minimum absolute atomic E-state index is 0.178. The van der Waals surface area contributed by atoms with Gasteiger partial charge in [0.1, 0.15) is 5.82 Å². The standard InChI is InChI=1S/C23H24FN3O/c1-17-4-6-18(7-5-17)15-22(28)27-13-11-26(12-14-27)16-19-8-9-21(24)20-3-2-10-25-23(19)20/h2-10H,11-16H2,1H3. The Hall–Kier alpha value is -2.79. The second-order valence-corrected chi connectivity index (χ2v) is 7.43. The first-order chi connectivity index (χ1) is 13.6. The molecule has 0 saturated carbocycles. The largest absolute Gasteiger partial charge is 0.340 e. The van der Waals surface area contributed by atoms with Gasteiger partial charge in [-0.25, -0.2) is 4.39 Å². The molecule has 2 aromatic carbocycles. The number of fused-ring (bicyclic) bond motifs is 1. The molecule has 1 aliphatic heterocycles. The topological polar surface area (TPSA) is 36.4 Å². The van der Waals surface area contributed by atoms with Gasteiger partial charge in [0.2, 0.25) is 5.91 Å². The lowest BCUT2D eigenvalue weighted by Crippen LogP contribution is -2.48. The lowest BCUT2D eigenvalue weighted by Gasteiger charge is -2.35. The van der Waals surface area contributed by atoms with Crippen LogP contribution in [0.25, 0.3) is 10.9 Å². The molecule has 0 N–H and O–H groups in total. The van der Waals surface area contributed by atoms with Crippen LogP contribution in [0.2, 0.25) is 0 Å². The van der Waals surface area contributed by atoms with Crippen LogP contribution in [-0.2, 0) is 17.8 Å². The highest BCUT2D eigenvalue weighted by Crippen LogP contribution is 2.21. The van der Waals surface area contributed by atoms with Crippen molar-refractivity contribution < 1.29 is 9.18 Å². The van der Waals surface area contributed by atoms with Crippen molar-refractivity contribution in [1.29, 1.82) is 0 Å². The molecule has 0 spiro atoms. The van der Waals surface area contributed by atoms with Crippen molar-refractivity contribution in [3.05, 3.63) is 77.2 Å². The summed E-state index contributed by atoms with van der Waals surface area (Å²) in [6.45, 7) is 5.82. The molecule has 1 aliphatic rings. The second kappa shape index (κ2) is 8.07. The third-order valence-corrected chi connectivity index (χ3v) is 5.39. The maximum Gasteiger partial charge on any atom is 0.227 e. The average Bonchev–Trinajstić information content (AvgIpc) is 2.72. The van der Waals surface area contributed by atoms with Crippen molar-refractivity contribution in [1.82, 2.24) is 14.8 Å². The van der Waals surface area contributed by atoms with E-state index in [-0.39, 0.29) is 11.7 Å². The summed E-state index contributed by atoms with van der Waals surface area (Å²) in [5.41, 5.74) is 4.01. The van der Waals surface area contributed by atoms with Crippen LogP contribution in [0.1, 0.15) is 16.7 Å². The second-order valence-electron chi connectivity index (χ2n) is 7.43. The molecule has 28 heavy (non-hydrogen) atoms. The molecule has 3 aromatic rings. The normalized spacial score (nSPS) is 15.1. The van der Waals surface area contributed by atoms with Gasteiger partial charge in [-0.2, -0.15) is 0 Å². The summed E-state index contributed by atoms with van der Waals surface area (Å²) in [4.78, 5) is 21.2. The highest BCUT2D eigenvalue weighted by Gasteiger charge is 2.22. The minimum atomic E-state index is -0.238. The van der Waals surface area contributed by atoms with Gasteiger partial charge in [-0.3, -0.25) is 14.7 Å². The van der Waals surface area contributed by atoms with Crippen molar-refractivity contribution in [2.45, 2.75) is 19.9 Å². The summed E-state index contributed by atoms with van der Waals surface area (Å²) in [5.74, 6) is -0.0595. The number of carbonyl (C=O) groups excluding carboxylic acids is 1. The van der Waals surface area contributed by atoms with E-state index in [2.05, 4.69) is 9.88 Å². The lowest BCUT2D eigenvalue weighted by molar-refractivity contribution is -0.132. The molecule has 0 bridgehead atoms. The van der Waals surface area contributed by atoms with Gasteiger partial charge in [-0.15, -0.1) is 0 Å². The van der Waals surface area contributed by atoms with Crippen molar-refractivity contribution in [3.8, 4) is 0 Å². The number of halogens is 1. The Bertz CT molecular complexity index is 979. The Labute approximate surface area is 164 Å². The van der Waals surface area contributed by atoms with Crippen LogP contribution in [0.4, 0.5) is 4.39 Å². The van der Waals surface area contributed by atoms with E-state index in [9.17, 15) is 9.18 Å². The third-order valence-electron chi connectivity index (χ3n) is 5.39. The van der Waals surface area contributed by atoms with E-state index in [4.69, 9.17) is 0 Å². The zero-order valence-electron chi connectivity index (χ0n) is 16.1. The van der Waals surface area contributed by atoms with Gasteiger partial charge >= 0.3 is 0 Å². The summed E-state index contributed by atoms with van der Waals surface area (Å²) < 4.78 is 14.0. The Kier molecular flexibility index (Phi) is 5.35. The van der Waals surface area contributed by atoms with Gasteiger partial charge in [0.25, 0.3) is 0 Å². The van der Waals surface area contributed by atoms with Crippen LogP contribution in [0.5, 0.6) is 0 Å². The molecule has 1 fully saturated rings. The molecule has 5 heteroatoms. The molecule has 0 atom stereocenters. The highest BCUT2D eigenvalue weighted by atomic mass is 19.1. The van der Waals surface area contributed by atoms with Crippen LogP contribution in [0.3, 0.4) is 0 Å². The number of hydrogen-bond donors (Lipinski definition) is 0. The molecule has 4 nitrogen and oxygen atoms in total. The number of amides is 1. The fraction of sp³-hybridized carbons (Fsp3) is 0.304. The van der Waals surface area contributed by atoms with Gasteiger partial charge in [0.15, 0.2) is 0 Å². The van der Waals surface area contributed by atoms with E-state index in [1.165, 1.54) is 11.6 Å². The first-order valence-electron chi connectivity index (χ1n) is 9.68. The first kappa shape index (κ1) is 18.6. The lowest BCUT2D eigenvalue weighted by atomic mass is 10.1. The number of pyridine rings is 1. The van der Waals surface area contributed by atoms with Crippen molar-refractivity contribution in [2.24, 2.45) is 0 Å². The molecule has 0 radical (unpaired) electrons. The molecule has 1 amide bonds. The van der Waals surface area contributed by atoms with E-state index in [1.54, 1.807) is 18.3 Å². The zero-order chi connectivity index (χ0) is 19.5. The maximum absolute atomic E-state index is 14.0. The average molecular weight is 377 g/mol. The van der Waals surface area contributed by atoms with Gasteiger partial charge in [0.05, 0.1) is 11.9 Å². The monoisotopic (exact) mass is 377 g/mol. The molecular formula is C23H24FN3O. The van der Waals surface area contributed by atoms with Gasteiger partial charge in [-0.05, 0) is 36.2 Å². The number of aryl methyl sites for hydroxylation is 1. The quantitative estimate of drug-likeness (QED) is 0.697. The van der Waals surface area contributed by atoms with Gasteiger partial charge in [0, 0.05) is 44.3 Å². The summed E-state index contributed by atoms with van der Waals surface area (Å²) in [7, 11) is 0. The van der Waals surface area contributed by atoms with Crippen LogP contribution in [0.15, 0.2) is 54.7 Å². The van der Waals surface area contributed by atoms with Gasteiger partial charge in [-0.1, -0.05) is 35.9 Å². The zero-order valence-corrected chi connectivity index (χ0v) is 16.1. The fourth-order valence-electron chi connectivity index (χ4n) is 3.71. The molecule has 144 valence electrons. The smallest absolute Gasteiger partial charge is 0.227 e. The van der Waals surface area contributed by atoms with Crippen LogP contribution in [0, 0.1) is 12.7 Å². The Morgan fingerprint density at radius 1 is 1.04 bits per heavy atom. The van der Waals surface area contributed by atoms with Crippen LogP contribution < -0.4 is 0 Å². The fourth-order valence-corrected chi connectivity index (χ4v) is 3.71. The van der Waals surface area contributed by atoms with Crippen molar-refractivity contribution in [2.75, 3.05) is 26.2 Å². The number of benzene rings is 2. The number of aromatic nitrogens is 1. The molecule has 1 aromatic heterocycles. The van der Waals surface area contributed by atoms with Gasteiger partial charge < -0.3 is 4.90 Å². The highest BCUT2D eigenvalue weighted by molar-refractivity contribution is 5.82. The molecule has 4 rings (SSSR count). The number of nitrogens with zero attached hydrogens (tertiary/aromatic N) is 3. The van der Waals surface area contributed by atoms with E-state index in [0.29, 0.717) is 18.4 Å². The van der Waals surface area contributed by atoms with E-state index in [0.717, 1.165) is 42.8 Å². The summed E-state index contributed by atoms with van der Waals surface area (Å²) in [6.07, 6.45) is 2.15. The minimum Gasteiger partial charge on any atom is -0.340 e. The van der Waals surface area contributed by atoms with E-state index in [1.807, 2.05) is 42.2 Å². The molecule has 1 saturated heterocycles. The number of piperazine rings is 1. The number of hydrogen-bond acceptors (Lipinski definition) is 3. The van der Waals surface area contributed by atoms with E-state index >= 15 is 0 Å². The van der Waals surface area contributed by atoms with Crippen molar-refractivity contribution in [3.63, 3.8) is 0 Å². The van der Waals surface area contributed by atoms with Crippen LogP contribution in [-0.4, -0.2) is 46.9 Å². The molecular weight excluding hydrogens is 353 g/mol. The Morgan fingerprint density at radius 3 is 2.54 bits per heavy atom. The summed E-state index contributed by atoms with van der Waals surface area (Å²) >= 11 is 0. The Balaban J connectivity index is 1.36. The molecule has 0 unspecified atom stereocenters. The first-order valence-corrected chi connectivity index (χ1v) is 9.68. The molecule has 2 heterocycles. The molecule has 0 aliphatic carbocycles. The predicted molar refractivity (Wildman–Crippen MR) is 108 cm³/mol. The summed E-state index contributed by atoms with van der Waals surface area (Å²) in [5, 5.41) is 0.562. The number of rotatable bonds is 4. The SMILES string of the molecule is Cc1ccc(CC(=O)N2CCN(Cc3ccc(F)c4cccnc34)CC2)cc1. The number of carbonyl (C=O) groups is 1. The third kappa shape index (κ3) is 4.04. The predicted octanol–water partition coefficient (Wildman–Crippen LogP) is 3.57. The maximum atomic E-state index is 14.0.